The molecular weight excluding hydrogens is 236 g/mol. The van der Waals surface area contributed by atoms with Crippen molar-refractivity contribution in [1.29, 1.82) is 0 Å². The maximum atomic E-state index is 4.62. The molecule has 19 heavy (non-hydrogen) atoms. The van der Waals surface area contributed by atoms with E-state index in [1.165, 1.54) is 11.1 Å². The van der Waals surface area contributed by atoms with Gasteiger partial charge in [-0.25, -0.2) is 0 Å². The quantitative estimate of drug-likeness (QED) is 0.915. The van der Waals surface area contributed by atoms with Gasteiger partial charge in [0.25, 0.3) is 0 Å². The van der Waals surface area contributed by atoms with Crippen molar-refractivity contribution < 1.29 is 0 Å². The van der Waals surface area contributed by atoms with Crippen molar-refractivity contribution in [2.24, 2.45) is 5.92 Å². The molecule has 2 heterocycles. The summed E-state index contributed by atoms with van der Waals surface area (Å²) in [4.78, 5) is 2.44. The van der Waals surface area contributed by atoms with E-state index in [0.29, 0.717) is 5.92 Å². The Balaban J connectivity index is 1.87. The fraction of sp³-hybridized carbons (Fsp3) is 0.533. The second-order valence-corrected chi connectivity index (χ2v) is 5.73. The molecule has 0 unspecified atom stereocenters. The van der Waals surface area contributed by atoms with Gasteiger partial charge in [-0.1, -0.05) is 13.8 Å². The molecule has 0 spiro atoms. The van der Waals surface area contributed by atoms with Gasteiger partial charge in [-0.3, -0.25) is 4.68 Å². The molecule has 0 amide bonds. The Bertz CT molecular complexity index is 552. The first-order valence-electron chi connectivity index (χ1n) is 7.15. The zero-order valence-corrected chi connectivity index (χ0v) is 11.8. The molecule has 0 bridgehead atoms. The van der Waals surface area contributed by atoms with Gasteiger partial charge in [-0.2, -0.15) is 5.10 Å². The maximum Gasteiger partial charge on any atom is 0.0924 e. The van der Waals surface area contributed by atoms with Crippen LogP contribution in [-0.4, -0.2) is 36.0 Å². The first kappa shape index (κ1) is 12.5. The first-order chi connectivity index (χ1) is 9.22. The van der Waals surface area contributed by atoms with Crippen LogP contribution in [0.5, 0.6) is 0 Å². The van der Waals surface area contributed by atoms with E-state index in [1.807, 2.05) is 0 Å². The summed E-state index contributed by atoms with van der Waals surface area (Å²) < 4.78 is 2.07. The zero-order chi connectivity index (χ0) is 13.2. The third-order valence-corrected chi connectivity index (χ3v) is 3.57. The van der Waals surface area contributed by atoms with Gasteiger partial charge in [0.2, 0.25) is 0 Å². The minimum atomic E-state index is 0.627. The van der Waals surface area contributed by atoms with Crippen LogP contribution in [0.2, 0.25) is 0 Å². The number of hydrogen-bond acceptors (Lipinski definition) is 3. The molecule has 2 aromatic rings. The lowest BCUT2D eigenvalue weighted by atomic mass is 10.2. The average molecular weight is 258 g/mol. The molecule has 4 nitrogen and oxygen atoms in total. The molecule has 0 aliphatic carbocycles. The van der Waals surface area contributed by atoms with Gasteiger partial charge >= 0.3 is 0 Å². The van der Waals surface area contributed by atoms with Crippen molar-refractivity contribution in [3.05, 3.63) is 24.4 Å². The van der Waals surface area contributed by atoms with E-state index in [2.05, 4.69) is 58.2 Å². The Labute approximate surface area is 114 Å². The van der Waals surface area contributed by atoms with Crippen LogP contribution < -0.4 is 10.2 Å². The highest BCUT2D eigenvalue weighted by Gasteiger charge is 2.11. The lowest BCUT2D eigenvalue weighted by Crippen LogP contribution is -2.43. The SMILES string of the molecule is CC(C)Cn1cc2cc(N3CCNCC3)ccc2n1. The molecular formula is C15H22N4. The summed E-state index contributed by atoms with van der Waals surface area (Å²) in [6.07, 6.45) is 2.17. The standard InChI is InChI=1S/C15H22N4/c1-12(2)10-19-11-13-9-14(3-4-15(13)17-19)18-7-5-16-6-8-18/h3-4,9,11-12,16H,5-8,10H2,1-2H3. The summed E-state index contributed by atoms with van der Waals surface area (Å²) in [5, 5.41) is 9.26. The largest absolute Gasteiger partial charge is 0.369 e. The lowest BCUT2D eigenvalue weighted by Gasteiger charge is -2.29. The van der Waals surface area contributed by atoms with Crippen molar-refractivity contribution in [2.45, 2.75) is 20.4 Å². The molecule has 1 aliphatic rings. The van der Waals surface area contributed by atoms with Gasteiger partial charge < -0.3 is 10.2 Å². The molecule has 0 saturated carbocycles. The van der Waals surface area contributed by atoms with Crippen LogP contribution in [0.1, 0.15) is 13.8 Å². The Hall–Kier alpha value is -1.55. The molecule has 0 atom stereocenters. The van der Waals surface area contributed by atoms with E-state index in [9.17, 15) is 0 Å². The van der Waals surface area contributed by atoms with Crippen LogP contribution in [0.4, 0.5) is 5.69 Å². The second-order valence-electron chi connectivity index (χ2n) is 5.73. The number of piperazine rings is 1. The van der Waals surface area contributed by atoms with Crippen molar-refractivity contribution in [3.8, 4) is 0 Å². The predicted molar refractivity (Wildman–Crippen MR) is 79.7 cm³/mol. The van der Waals surface area contributed by atoms with Crippen LogP contribution in [0, 0.1) is 5.92 Å². The molecule has 1 fully saturated rings. The molecule has 1 aromatic carbocycles. The summed E-state index contributed by atoms with van der Waals surface area (Å²) in [7, 11) is 0. The number of aromatic nitrogens is 2. The number of benzene rings is 1. The Morgan fingerprint density at radius 3 is 2.79 bits per heavy atom. The summed E-state index contributed by atoms with van der Waals surface area (Å²) in [5.41, 5.74) is 2.41. The minimum Gasteiger partial charge on any atom is -0.369 e. The van der Waals surface area contributed by atoms with Crippen molar-refractivity contribution >= 4 is 16.6 Å². The number of rotatable bonds is 3. The summed E-state index contributed by atoms with van der Waals surface area (Å²) >= 11 is 0. The third kappa shape index (κ3) is 2.73. The van der Waals surface area contributed by atoms with Crippen LogP contribution in [0.15, 0.2) is 24.4 Å². The van der Waals surface area contributed by atoms with E-state index in [1.54, 1.807) is 0 Å². The Kier molecular flexibility index (Phi) is 3.42. The molecule has 0 radical (unpaired) electrons. The maximum absolute atomic E-state index is 4.62. The smallest absolute Gasteiger partial charge is 0.0924 e. The molecule has 1 aliphatic heterocycles. The number of hydrogen-bond donors (Lipinski definition) is 1. The lowest BCUT2D eigenvalue weighted by molar-refractivity contribution is 0.486. The van der Waals surface area contributed by atoms with Gasteiger partial charge in [-0.15, -0.1) is 0 Å². The first-order valence-corrected chi connectivity index (χ1v) is 7.15. The van der Waals surface area contributed by atoms with Gasteiger partial charge in [0.1, 0.15) is 0 Å². The highest BCUT2D eigenvalue weighted by Crippen LogP contribution is 2.22. The Morgan fingerprint density at radius 1 is 1.26 bits per heavy atom. The fourth-order valence-electron chi connectivity index (χ4n) is 2.65. The second kappa shape index (κ2) is 5.21. The van der Waals surface area contributed by atoms with E-state index in [0.717, 1.165) is 38.2 Å². The van der Waals surface area contributed by atoms with Gasteiger partial charge in [-0.05, 0) is 24.1 Å². The number of nitrogens with one attached hydrogen (secondary N) is 1. The van der Waals surface area contributed by atoms with Gasteiger partial charge in [0.15, 0.2) is 0 Å². The summed E-state index contributed by atoms with van der Waals surface area (Å²) in [5.74, 6) is 0.627. The van der Waals surface area contributed by atoms with Crippen molar-refractivity contribution in [2.75, 3.05) is 31.1 Å². The molecule has 1 aromatic heterocycles. The third-order valence-electron chi connectivity index (χ3n) is 3.57. The van der Waals surface area contributed by atoms with Crippen LogP contribution in [-0.2, 0) is 6.54 Å². The monoisotopic (exact) mass is 258 g/mol. The number of nitrogens with zero attached hydrogens (tertiary/aromatic N) is 3. The van der Waals surface area contributed by atoms with Crippen LogP contribution >= 0.6 is 0 Å². The fourth-order valence-corrected chi connectivity index (χ4v) is 2.65. The Morgan fingerprint density at radius 2 is 2.05 bits per heavy atom. The zero-order valence-electron chi connectivity index (χ0n) is 11.8. The van der Waals surface area contributed by atoms with E-state index < -0.39 is 0 Å². The normalized spacial score (nSPS) is 16.5. The topological polar surface area (TPSA) is 33.1 Å². The molecule has 1 N–H and O–H groups in total. The molecule has 102 valence electrons. The number of anilines is 1. The van der Waals surface area contributed by atoms with Crippen molar-refractivity contribution in [1.82, 2.24) is 15.1 Å². The van der Waals surface area contributed by atoms with Gasteiger partial charge in [0.05, 0.1) is 5.52 Å². The van der Waals surface area contributed by atoms with E-state index >= 15 is 0 Å². The highest BCUT2D eigenvalue weighted by molar-refractivity contribution is 5.82. The highest BCUT2D eigenvalue weighted by atomic mass is 15.3. The summed E-state index contributed by atoms with van der Waals surface area (Å²) in [6.45, 7) is 9.75. The molecule has 4 heteroatoms. The molecule has 1 saturated heterocycles. The number of fused-ring (bicyclic) bond motifs is 1. The van der Waals surface area contributed by atoms with Crippen LogP contribution in [0.25, 0.3) is 10.9 Å². The minimum absolute atomic E-state index is 0.627. The van der Waals surface area contributed by atoms with Crippen LogP contribution in [0.3, 0.4) is 0 Å². The average Bonchev–Trinajstić information content (AvgIpc) is 2.79. The van der Waals surface area contributed by atoms with E-state index in [4.69, 9.17) is 0 Å². The van der Waals surface area contributed by atoms with E-state index in [-0.39, 0.29) is 0 Å². The predicted octanol–water partition coefficient (Wildman–Crippen LogP) is 2.10. The summed E-state index contributed by atoms with van der Waals surface area (Å²) in [6, 6.07) is 6.61. The molecule has 3 rings (SSSR count). The van der Waals surface area contributed by atoms with Gasteiger partial charge in [0, 0.05) is 50.0 Å². The van der Waals surface area contributed by atoms with Crippen molar-refractivity contribution in [3.63, 3.8) is 0 Å².